The molecule has 0 bridgehead atoms. The van der Waals surface area contributed by atoms with Gasteiger partial charge in [-0.3, -0.25) is 4.55 Å². The Bertz CT molecular complexity index is 652. The summed E-state index contributed by atoms with van der Waals surface area (Å²) in [6.45, 7) is -0.708. The number of aliphatic hydroxyl groups is 1. The lowest BCUT2D eigenvalue weighted by Gasteiger charge is -2.34. The number of aliphatic hydroxyl groups excluding tert-OH is 1. The third-order valence-corrected chi connectivity index (χ3v) is 5.87. The van der Waals surface area contributed by atoms with E-state index in [0.717, 1.165) is 0 Å². The minimum Gasteiger partial charge on any atom is -0.391 e. The van der Waals surface area contributed by atoms with E-state index in [9.17, 15) is 38.8 Å². The number of rotatable bonds is 12. The lowest BCUT2D eigenvalue weighted by atomic mass is 10.3. The summed E-state index contributed by atoms with van der Waals surface area (Å²) >= 11 is 0. The molecule has 0 aliphatic heterocycles. The second kappa shape index (κ2) is 9.05. The van der Waals surface area contributed by atoms with E-state index in [1.807, 2.05) is 0 Å². The quantitative estimate of drug-likeness (QED) is 0.173. The Hall–Kier alpha value is -0.610. The van der Waals surface area contributed by atoms with Gasteiger partial charge in [0.1, 0.15) is 6.54 Å². The lowest BCUT2D eigenvalue weighted by molar-refractivity contribution is -0.909. The zero-order valence-electron chi connectivity index (χ0n) is 13.8. The van der Waals surface area contributed by atoms with E-state index >= 15 is 0 Å². The summed E-state index contributed by atoms with van der Waals surface area (Å²) in [5.41, 5.74) is 0. The van der Waals surface area contributed by atoms with Crippen LogP contribution in [-0.4, -0.2) is 88.0 Å². The molecule has 0 aliphatic rings. The zero-order valence-corrected chi connectivity index (χ0v) is 15.5. The molecule has 0 spiro atoms. The van der Waals surface area contributed by atoms with Gasteiger partial charge in [0.05, 0.1) is 32.5 Å². The van der Waals surface area contributed by atoms with Gasteiger partial charge in [-0.2, -0.15) is 30.4 Å². The average Bonchev–Trinajstić information content (AvgIpc) is 2.41. The van der Waals surface area contributed by atoms with Gasteiger partial charge in [0, 0.05) is 19.4 Å². The summed E-state index contributed by atoms with van der Waals surface area (Å²) in [6, 6.07) is 0. The first-order valence-corrected chi connectivity index (χ1v) is 10.4. The molecule has 0 radical (unpaired) electrons. The number of sulfonamides is 1. The number of hydrogen-bond acceptors (Lipinski definition) is 5. The van der Waals surface area contributed by atoms with Crippen molar-refractivity contribution >= 4 is 20.1 Å². The van der Waals surface area contributed by atoms with Crippen LogP contribution in [0, 0.1) is 0 Å². The molecule has 0 saturated heterocycles. The highest BCUT2D eigenvalue weighted by Crippen LogP contribution is 2.39. The van der Waals surface area contributed by atoms with Crippen LogP contribution in [0.3, 0.4) is 0 Å². The van der Waals surface area contributed by atoms with Crippen molar-refractivity contribution in [3.05, 3.63) is 0 Å². The molecule has 0 saturated carbocycles. The smallest absolute Gasteiger partial charge is 0.391 e. The first kappa shape index (κ1) is 25.4. The van der Waals surface area contributed by atoms with Crippen LogP contribution in [0.15, 0.2) is 0 Å². The predicted molar refractivity (Wildman–Crippen MR) is 81.4 cm³/mol. The highest BCUT2D eigenvalue weighted by molar-refractivity contribution is 7.90. The van der Waals surface area contributed by atoms with E-state index < -0.39 is 43.9 Å². The number of alkyl halides is 5. The number of hydrogen-bond donors (Lipinski definition) is 3. The van der Waals surface area contributed by atoms with Crippen LogP contribution in [0.2, 0.25) is 0 Å². The van der Waals surface area contributed by atoms with Crippen molar-refractivity contribution in [3.8, 4) is 0 Å². The molecule has 0 fully saturated rings. The van der Waals surface area contributed by atoms with Gasteiger partial charge >= 0.3 is 11.4 Å². The highest BCUT2D eigenvalue weighted by atomic mass is 32.2. The third-order valence-electron chi connectivity index (χ3n) is 3.57. The minimum atomic E-state index is -6.25. The van der Waals surface area contributed by atoms with Crippen LogP contribution >= 0.6 is 0 Å². The Balaban J connectivity index is 4.69. The summed E-state index contributed by atoms with van der Waals surface area (Å²) < 4.78 is 115. The number of quaternary nitrogens is 1. The van der Waals surface area contributed by atoms with Crippen molar-refractivity contribution in [2.45, 2.75) is 24.3 Å². The second-order valence-electron chi connectivity index (χ2n) is 5.92. The molecule has 0 aromatic rings. The molecule has 1 unspecified atom stereocenters. The van der Waals surface area contributed by atoms with Gasteiger partial charge in [-0.05, 0) is 0 Å². The molecule has 0 rings (SSSR count). The molecule has 0 amide bonds. The number of likely N-dealkylation sites (N-methyl/N-ethyl adjacent to an activating group) is 1. The Labute approximate surface area is 148 Å². The maximum absolute atomic E-state index is 12.9. The topological polar surface area (TPSA) is 121 Å². The van der Waals surface area contributed by atoms with E-state index in [1.165, 1.54) is 4.72 Å². The van der Waals surface area contributed by atoms with Gasteiger partial charge < -0.3 is 9.59 Å². The van der Waals surface area contributed by atoms with Gasteiger partial charge in [-0.1, -0.05) is 0 Å². The molecule has 8 nitrogen and oxygen atoms in total. The Morgan fingerprint density at radius 3 is 1.88 bits per heavy atom. The van der Waals surface area contributed by atoms with Crippen LogP contribution in [0.5, 0.6) is 0 Å². The first-order valence-electron chi connectivity index (χ1n) is 7.31. The summed E-state index contributed by atoms with van der Waals surface area (Å²) in [5, 5.41) is 3.09. The van der Waals surface area contributed by atoms with Gasteiger partial charge in [0.15, 0.2) is 0 Å². The van der Waals surface area contributed by atoms with Crippen LogP contribution in [0.4, 0.5) is 22.0 Å². The van der Waals surface area contributed by atoms with Crippen LogP contribution < -0.4 is 4.72 Å². The van der Waals surface area contributed by atoms with Crippen molar-refractivity contribution in [1.82, 2.24) is 4.72 Å². The Morgan fingerprint density at radius 2 is 1.46 bits per heavy atom. The van der Waals surface area contributed by atoms with Crippen molar-refractivity contribution in [2.24, 2.45) is 0 Å². The van der Waals surface area contributed by atoms with Gasteiger partial charge in [0.2, 0.25) is 0 Å². The molecular formula is C11H22F5N2O6S2+. The predicted octanol–water partition coefficient (Wildman–Crippen LogP) is 0.168. The standard InChI is InChI=1S/C11H21F5N2O6S2/c1-18(7-8-19,6-3-9-25(20,21)22)5-2-4-17-26(23,24)11(15,16)10(12,13)14/h17,19H,2-9H2,1H3/p+1. The monoisotopic (exact) mass is 437 g/mol. The average molecular weight is 437 g/mol. The first-order chi connectivity index (χ1) is 11.5. The van der Waals surface area contributed by atoms with Crippen LogP contribution in [0.1, 0.15) is 12.8 Å². The van der Waals surface area contributed by atoms with E-state index in [1.54, 1.807) is 7.05 Å². The zero-order chi connectivity index (χ0) is 20.9. The van der Waals surface area contributed by atoms with Gasteiger partial charge in [-0.15, -0.1) is 0 Å². The molecule has 0 aliphatic carbocycles. The Morgan fingerprint density at radius 1 is 0.962 bits per heavy atom. The SMILES string of the molecule is C[N+](CCO)(CCCNS(=O)(=O)C(F)(F)C(F)(F)F)CCCS(=O)(=O)O. The maximum atomic E-state index is 12.9. The molecule has 26 heavy (non-hydrogen) atoms. The minimum absolute atomic E-state index is 0.00338. The number of nitrogens with one attached hydrogen (secondary N) is 1. The van der Waals surface area contributed by atoms with E-state index in [2.05, 4.69) is 0 Å². The molecule has 3 N–H and O–H groups in total. The van der Waals surface area contributed by atoms with Gasteiger partial charge in [-0.25, -0.2) is 13.1 Å². The fourth-order valence-corrected chi connectivity index (χ4v) is 3.51. The summed E-state index contributed by atoms with van der Waals surface area (Å²) in [5.74, 6) is -0.545. The van der Waals surface area contributed by atoms with Crippen LogP contribution in [0.25, 0.3) is 0 Å². The lowest BCUT2D eigenvalue weighted by Crippen LogP contribution is -2.51. The second-order valence-corrected chi connectivity index (χ2v) is 9.30. The summed E-state index contributed by atoms with van der Waals surface area (Å²) in [4.78, 5) is 0. The summed E-state index contributed by atoms with van der Waals surface area (Å²) in [7, 11) is -8.60. The molecule has 0 heterocycles. The van der Waals surface area contributed by atoms with E-state index in [0.29, 0.717) is 0 Å². The Kier molecular flexibility index (Phi) is 8.84. The van der Waals surface area contributed by atoms with Crippen LogP contribution in [-0.2, 0) is 20.1 Å². The fraction of sp³-hybridized carbons (Fsp3) is 1.00. The van der Waals surface area contributed by atoms with Crippen molar-refractivity contribution < 1.29 is 52.9 Å². The van der Waals surface area contributed by atoms with E-state index in [4.69, 9.17) is 9.66 Å². The maximum Gasteiger partial charge on any atom is 0.470 e. The third kappa shape index (κ3) is 7.96. The molecule has 158 valence electrons. The van der Waals surface area contributed by atoms with Crippen molar-refractivity contribution in [2.75, 3.05) is 45.6 Å². The number of halogens is 5. The van der Waals surface area contributed by atoms with E-state index in [-0.39, 0.29) is 43.6 Å². The molecule has 0 aromatic carbocycles. The molecule has 0 aromatic heterocycles. The largest absolute Gasteiger partial charge is 0.470 e. The normalized spacial score (nSPS) is 16.5. The molecule has 15 heteroatoms. The van der Waals surface area contributed by atoms with Crippen molar-refractivity contribution in [1.29, 1.82) is 0 Å². The molecular weight excluding hydrogens is 415 g/mol. The highest BCUT2D eigenvalue weighted by Gasteiger charge is 2.67. The number of nitrogens with zero attached hydrogens (tertiary/aromatic N) is 1. The molecule has 1 atom stereocenters. The van der Waals surface area contributed by atoms with Crippen molar-refractivity contribution in [3.63, 3.8) is 0 Å². The van der Waals surface area contributed by atoms with Gasteiger partial charge in [0.25, 0.3) is 20.1 Å². The summed E-state index contributed by atoms with van der Waals surface area (Å²) in [6.07, 6.45) is -6.39. The fourth-order valence-electron chi connectivity index (χ4n) is 2.12.